The fraction of sp³-hybridized carbons (Fsp3) is 0.247. The van der Waals surface area contributed by atoms with Crippen LogP contribution in [0, 0.1) is 33.6 Å². The van der Waals surface area contributed by atoms with E-state index in [1.165, 1.54) is 132 Å². The Morgan fingerprint density at radius 1 is 0.558 bits per heavy atom. The molecule has 3 atom stereocenters. The van der Waals surface area contributed by atoms with E-state index in [0.29, 0.717) is 5.92 Å². The molecule has 0 N–H and O–H groups in total. The Bertz CT molecular complexity index is 3390. The molecule has 390 valence electrons. The summed E-state index contributed by atoms with van der Waals surface area (Å²) >= 11 is 0. The van der Waals surface area contributed by atoms with E-state index in [2.05, 4.69) is 274 Å². The number of hydrogen-bond donors (Lipinski definition) is 0. The lowest BCUT2D eigenvalue weighted by molar-refractivity contribution is 0.472. The van der Waals surface area contributed by atoms with Crippen LogP contribution in [0.25, 0.3) is 44.5 Å². The van der Waals surface area contributed by atoms with Crippen LogP contribution in [0.15, 0.2) is 248 Å². The Morgan fingerprint density at radius 3 is 1.75 bits per heavy atom. The van der Waals surface area contributed by atoms with E-state index in [-0.39, 0.29) is 5.41 Å². The molecule has 0 aromatic heterocycles. The van der Waals surface area contributed by atoms with Crippen molar-refractivity contribution in [3.63, 3.8) is 0 Å². The number of aryl methyl sites for hydroxylation is 4. The van der Waals surface area contributed by atoms with Crippen molar-refractivity contribution >= 4 is 11.1 Å². The van der Waals surface area contributed by atoms with Crippen molar-refractivity contribution in [2.45, 2.75) is 119 Å². The number of rotatable bonds is 7. The van der Waals surface area contributed by atoms with E-state index in [1.54, 1.807) is 11.1 Å². The summed E-state index contributed by atoms with van der Waals surface area (Å²) < 4.78 is 0. The smallest absolute Gasteiger partial charge is 0.0710 e. The van der Waals surface area contributed by atoms with Crippen LogP contribution < -0.4 is 0 Å². The van der Waals surface area contributed by atoms with Gasteiger partial charge in [0.2, 0.25) is 0 Å². The maximum atomic E-state index is 4.19. The lowest BCUT2D eigenvalue weighted by atomic mass is 9.65. The van der Waals surface area contributed by atoms with Crippen LogP contribution in [-0.4, -0.2) is 0 Å². The van der Waals surface area contributed by atoms with E-state index in [9.17, 15) is 0 Å². The first-order valence-corrected chi connectivity index (χ1v) is 28.8. The van der Waals surface area contributed by atoms with Crippen molar-refractivity contribution in [3.05, 3.63) is 298 Å². The Morgan fingerprint density at radius 2 is 1.10 bits per heavy atom. The van der Waals surface area contributed by atoms with Crippen molar-refractivity contribution in [2.75, 3.05) is 0 Å². The minimum Gasteiger partial charge on any atom is -0.0987 e. The molecule has 0 saturated carbocycles. The minimum atomic E-state index is -0.286. The van der Waals surface area contributed by atoms with Crippen LogP contribution in [0.5, 0.6) is 0 Å². The second kappa shape index (κ2) is 26.5. The van der Waals surface area contributed by atoms with E-state index in [1.807, 2.05) is 19.9 Å². The zero-order valence-electron chi connectivity index (χ0n) is 47.7. The van der Waals surface area contributed by atoms with Gasteiger partial charge in [-0.25, -0.2) is 0 Å². The molecule has 0 aliphatic heterocycles. The van der Waals surface area contributed by atoms with Gasteiger partial charge in [0.1, 0.15) is 0 Å². The molecular formula is C77H82. The topological polar surface area (TPSA) is 0 Å². The van der Waals surface area contributed by atoms with Crippen molar-refractivity contribution < 1.29 is 0 Å². The third kappa shape index (κ3) is 11.6. The van der Waals surface area contributed by atoms with Gasteiger partial charge in [-0.15, -0.1) is 0 Å². The SMILES string of the molecule is C=C/C(=C\C=C/C)C1(c2ccccc2)C2=C(CCC=C2)c2ccccc21.CC.CCC.Cc1ccc(-c2ccccc2C)c(-c2ccccc2-c2ccccc2C)c1.Cc1ccc2c(c1)C1C=CCCC1C1=C2C=CCC1. The van der Waals surface area contributed by atoms with Crippen LogP contribution in [0.2, 0.25) is 0 Å². The highest BCUT2D eigenvalue weighted by Gasteiger charge is 2.47. The summed E-state index contributed by atoms with van der Waals surface area (Å²) in [6, 6.07) is 59.6. The first-order valence-electron chi connectivity index (χ1n) is 28.8. The van der Waals surface area contributed by atoms with Crippen molar-refractivity contribution in [1.82, 2.24) is 0 Å². The van der Waals surface area contributed by atoms with E-state index in [0.717, 1.165) is 18.8 Å². The average Bonchev–Trinajstić information content (AvgIpc) is 3.82. The highest BCUT2D eigenvalue weighted by molar-refractivity contribution is 5.93. The summed E-state index contributed by atoms with van der Waals surface area (Å²) in [5, 5.41) is 0. The Kier molecular flexibility index (Phi) is 19.2. The molecule has 0 amide bonds. The summed E-state index contributed by atoms with van der Waals surface area (Å²) in [5.74, 6) is 1.40. The highest BCUT2D eigenvalue weighted by Crippen LogP contribution is 2.57. The number of fused-ring (bicyclic) bond motifs is 7. The van der Waals surface area contributed by atoms with Crippen molar-refractivity contribution in [2.24, 2.45) is 5.92 Å². The van der Waals surface area contributed by atoms with Gasteiger partial charge in [-0.05, 0) is 174 Å². The molecule has 77 heavy (non-hydrogen) atoms. The zero-order valence-corrected chi connectivity index (χ0v) is 47.7. The Hall–Kier alpha value is -7.54. The van der Waals surface area contributed by atoms with Gasteiger partial charge in [-0.1, -0.05) is 282 Å². The van der Waals surface area contributed by atoms with Gasteiger partial charge in [0.15, 0.2) is 0 Å². The highest BCUT2D eigenvalue weighted by atomic mass is 14.5. The number of benzene rings is 7. The maximum Gasteiger partial charge on any atom is 0.0710 e. The number of allylic oxidation sites excluding steroid dienone is 15. The molecule has 7 aromatic rings. The molecule has 7 aromatic carbocycles. The summed E-state index contributed by atoms with van der Waals surface area (Å²) in [6.45, 7) is 23.2. The molecule has 5 aliphatic carbocycles. The summed E-state index contributed by atoms with van der Waals surface area (Å²) in [4.78, 5) is 0. The fourth-order valence-corrected chi connectivity index (χ4v) is 12.4. The molecule has 0 nitrogen and oxygen atoms in total. The average molecular weight is 1010 g/mol. The lowest BCUT2D eigenvalue weighted by Crippen LogP contribution is -2.30. The number of hydrogen-bond acceptors (Lipinski definition) is 0. The van der Waals surface area contributed by atoms with Crippen LogP contribution in [0.4, 0.5) is 0 Å². The molecule has 0 heteroatoms. The summed E-state index contributed by atoms with van der Waals surface area (Å²) in [6.07, 6.45) is 31.2. The molecular weight excluding hydrogens is 925 g/mol. The summed E-state index contributed by atoms with van der Waals surface area (Å²) in [5.41, 5.74) is 27.3. The molecule has 0 spiro atoms. The summed E-state index contributed by atoms with van der Waals surface area (Å²) in [7, 11) is 0. The predicted octanol–water partition coefficient (Wildman–Crippen LogP) is 22.0. The van der Waals surface area contributed by atoms with Crippen LogP contribution >= 0.6 is 0 Å². The Labute approximate surface area is 464 Å². The zero-order chi connectivity index (χ0) is 54.3. The van der Waals surface area contributed by atoms with Crippen molar-refractivity contribution in [1.29, 1.82) is 0 Å². The minimum absolute atomic E-state index is 0.286. The third-order valence-electron chi connectivity index (χ3n) is 15.8. The first kappa shape index (κ1) is 55.7. The van der Waals surface area contributed by atoms with Gasteiger partial charge in [-0.2, -0.15) is 0 Å². The standard InChI is InChI=1S/C27H24.C26H24.C19H20.C3H8.C2H6/c1-19-16-17-26(23-13-7-5-11-21(23)3)27(18-19)25-15-9-8-14-24(25)22-12-6-4-10-20(22)2;1-3-5-13-20(4-2)26(21-14-7-6-8-15-21)24-18-11-9-16-22(24)23-17-10-12-19-25(23)26;1-13-10-11-18-16-8-3-2-6-14(16)15-7-4-5-9-17(15)19(18)12-13;1-3-2;1-2/h4-18H,1-3H3;3-9,11-16,18-19H,2,10,17H2,1H3;3,5,8-12,15,17H,2,4,6-7H2,1H3;3H2,1-2H3;1-2H3/b;5-3-,20-13+;;;. The maximum absolute atomic E-state index is 4.19. The first-order chi connectivity index (χ1) is 37.7. The molecule has 0 bridgehead atoms. The third-order valence-corrected chi connectivity index (χ3v) is 15.8. The van der Waals surface area contributed by atoms with E-state index in [4.69, 9.17) is 0 Å². The van der Waals surface area contributed by atoms with Crippen LogP contribution in [0.3, 0.4) is 0 Å². The molecule has 0 fully saturated rings. The fourth-order valence-electron chi connectivity index (χ4n) is 12.4. The van der Waals surface area contributed by atoms with E-state index >= 15 is 0 Å². The molecule has 0 saturated heterocycles. The van der Waals surface area contributed by atoms with Crippen LogP contribution in [-0.2, 0) is 5.41 Å². The lowest BCUT2D eigenvalue weighted by Gasteiger charge is -2.38. The largest absolute Gasteiger partial charge is 0.0987 e. The molecule has 5 aliphatic rings. The Balaban J connectivity index is 0.000000148. The van der Waals surface area contributed by atoms with Gasteiger partial charge in [0.05, 0.1) is 5.41 Å². The quantitative estimate of drug-likeness (QED) is 0.110. The van der Waals surface area contributed by atoms with Gasteiger partial charge >= 0.3 is 0 Å². The monoisotopic (exact) mass is 1010 g/mol. The molecule has 0 heterocycles. The normalized spacial score (nSPS) is 18.3. The second-order valence-electron chi connectivity index (χ2n) is 20.9. The van der Waals surface area contributed by atoms with Gasteiger partial charge in [0, 0.05) is 5.92 Å². The molecule has 3 unspecified atom stereocenters. The van der Waals surface area contributed by atoms with Crippen LogP contribution in [0.1, 0.15) is 136 Å². The van der Waals surface area contributed by atoms with Gasteiger partial charge in [0.25, 0.3) is 0 Å². The van der Waals surface area contributed by atoms with Gasteiger partial charge < -0.3 is 0 Å². The molecule has 12 rings (SSSR count). The predicted molar refractivity (Wildman–Crippen MR) is 337 cm³/mol. The van der Waals surface area contributed by atoms with Crippen molar-refractivity contribution in [3.8, 4) is 33.4 Å². The van der Waals surface area contributed by atoms with Gasteiger partial charge in [-0.3, -0.25) is 0 Å². The second-order valence-corrected chi connectivity index (χ2v) is 20.9. The molecule has 0 radical (unpaired) electrons. The van der Waals surface area contributed by atoms with E-state index < -0.39 is 0 Å².